The maximum Gasteiger partial charge on any atom is 0.302 e. The second-order valence-corrected chi connectivity index (χ2v) is 6.60. The Morgan fingerprint density at radius 1 is 1.40 bits per heavy atom. The van der Waals surface area contributed by atoms with Crippen LogP contribution in [0.3, 0.4) is 0 Å². The van der Waals surface area contributed by atoms with Gasteiger partial charge in [0.1, 0.15) is 5.82 Å². The van der Waals surface area contributed by atoms with Crippen molar-refractivity contribution in [1.29, 1.82) is 0 Å². The second kappa shape index (κ2) is 5.65. The highest BCUT2D eigenvalue weighted by Crippen LogP contribution is 2.25. The molecule has 1 unspecified atom stereocenters. The van der Waals surface area contributed by atoms with Crippen LogP contribution in [-0.2, 0) is 21.6 Å². The lowest BCUT2D eigenvalue weighted by Gasteiger charge is -2.17. The number of carbonyl (C=O) groups excluding carboxylic acids is 1. The predicted molar refractivity (Wildman–Crippen MR) is 69.8 cm³/mol. The molecule has 0 aromatic heterocycles. The van der Waals surface area contributed by atoms with Gasteiger partial charge < -0.3 is 4.90 Å². The minimum Gasteiger partial charge on any atom is -0.338 e. The zero-order chi connectivity index (χ0) is 14.9. The van der Waals surface area contributed by atoms with Crippen LogP contribution in [0.15, 0.2) is 18.2 Å². The molecule has 0 N–H and O–H groups in total. The number of benzene rings is 1. The molecule has 0 radical (unpaired) electrons. The van der Waals surface area contributed by atoms with Gasteiger partial charge in [0, 0.05) is 30.5 Å². The third-order valence-electron chi connectivity index (χ3n) is 3.11. The second-order valence-electron chi connectivity index (χ2n) is 4.79. The van der Waals surface area contributed by atoms with Crippen molar-refractivity contribution in [1.82, 2.24) is 4.90 Å². The summed E-state index contributed by atoms with van der Waals surface area (Å²) in [5.74, 6) is -1.96. The monoisotopic (exact) mass is 323 g/mol. The molecule has 1 aliphatic heterocycles. The van der Waals surface area contributed by atoms with Crippen LogP contribution in [0.1, 0.15) is 12.0 Å². The Bertz CT molecular complexity index is 636. The molecule has 1 aromatic rings. The van der Waals surface area contributed by atoms with Crippen molar-refractivity contribution < 1.29 is 21.5 Å². The zero-order valence-corrected chi connectivity index (χ0v) is 11.9. The summed E-state index contributed by atoms with van der Waals surface area (Å²) in [5, 5.41) is 0.194. The van der Waals surface area contributed by atoms with Crippen LogP contribution >= 0.6 is 11.6 Å². The fourth-order valence-corrected chi connectivity index (χ4v) is 3.27. The molecule has 1 heterocycles. The molecular weight excluding hydrogens is 312 g/mol. The van der Waals surface area contributed by atoms with E-state index in [-0.39, 0.29) is 30.4 Å². The molecule has 0 bridgehead atoms. The lowest BCUT2D eigenvalue weighted by atomic mass is 10.1. The smallest absolute Gasteiger partial charge is 0.302 e. The van der Waals surface area contributed by atoms with Gasteiger partial charge in [-0.05, 0) is 17.7 Å². The summed E-state index contributed by atoms with van der Waals surface area (Å²) in [6.07, 6.45) is -0.0119. The first-order valence-corrected chi connectivity index (χ1v) is 7.81. The van der Waals surface area contributed by atoms with Crippen molar-refractivity contribution in [3.63, 3.8) is 0 Å². The fraction of sp³-hybridized carbons (Fsp3) is 0.417. The normalized spacial score (nSPS) is 19.6. The summed E-state index contributed by atoms with van der Waals surface area (Å²) in [6, 6.07) is 3.83. The Morgan fingerprint density at radius 3 is 2.70 bits per heavy atom. The molecule has 4 nitrogen and oxygen atoms in total. The van der Waals surface area contributed by atoms with Gasteiger partial charge in [0.25, 0.3) is 0 Å². The molecule has 2 rings (SSSR count). The van der Waals surface area contributed by atoms with E-state index in [0.29, 0.717) is 5.56 Å². The Balaban J connectivity index is 2.05. The van der Waals surface area contributed by atoms with Crippen LogP contribution in [0.5, 0.6) is 0 Å². The van der Waals surface area contributed by atoms with E-state index < -0.39 is 27.7 Å². The van der Waals surface area contributed by atoms with E-state index in [1.165, 1.54) is 17.0 Å². The average Bonchev–Trinajstić information content (AvgIpc) is 2.60. The molecule has 110 valence electrons. The highest BCUT2D eigenvalue weighted by Gasteiger charge is 2.32. The van der Waals surface area contributed by atoms with E-state index >= 15 is 0 Å². The SMILES string of the molecule is O=C1CC(CS(=O)(=O)F)CN1Cc1ccc(F)cc1Cl. The van der Waals surface area contributed by atoms with Gasteiger partial charge in [-0.15, -0.1) is 3.89 Å². The average molecular weight is 324 g/mol. The van der Waals surface area contributed by atoms with Gasteiger partial charge in [0.05, 0.1) is 5.75 Å². The minimum atomic E-state index is -4.60. The van der Waals surface area contributed by atoms with Crippen LogP contribution in [0.25, 0.3) is 0 Å². The van der Waals surface area contributed by atoms with E-state index in [4.69, 9.17) is 11.6 Å². The third kappa shape index (κ3) is 3.89. The first-order valence-electron chi connectivity index (χ1n) is 5.88. The Hall–Kier alpha value is -1.21. The number of hydrogen-bond acceptors (Lipinski definition) is 3. The van der Waals surface area contributed by atoms with Crippen molar-refractivity contribution in [2.45, 2.75) is 13.0 Å². The van der Waals surface area contributed by atoms with Gasteiger partial charge in [-0.3, -0.25) is 4.79 Å². The molecule has 0 saturated carbocycles. The van der Waals surface area contributed by atoms with Crippen LogP contribution < -0.4 is 0 Å². The quantitative estimate of drug-likeness (QED) is 0.798. The van der Waals surface area contributed by atoms with Gasteiger partial charge in [-0.25, -0.2) is 4.39 Å². The number of amides is 1. The lowest BCUT2D eigenvalue weighted by molar-refractivity contribution is -0.128. The van der Waals surface area contributed by atoms with E-state index in [1.54, 1.807) is 0 Å². The Kier molecular flexibility index (Phi) is 4.29. The Labute approximate surface area is 120 Å². The maximum atomic E-state index is 12.9. The molecule has 8 heteroatoms. The molecule has 20 heavy (non-hydrogen) atoms. The first kappa shape index (κ1) is 15.2. The van der Waals surface area contributed by atoms with E-state index in [1.807, 2.05) is 0 Å². The van der Waals surface area contributed by atoms with Crippen molar-refractivity contribution in [2.75, 3.05) is 12.3 Å². The third-order valence-corrected chi connectivity index (χ3v) is 4.33. The molecule has 0 aliphatic carbocycles. The van der Waals surface area contributed by atoms with Crippen molar-refractivity contribution in [3.8, 4) is 0 Å². The summed E-state index contributed by atoms with van der Waals surface area (Å²) >= 11 is 5.86. The summed E-state index contributed by atoms with van der Waals surface area (Å²) in [6.45, 7) is 0.302. The summed E-state index contributed by atoms with van der Waals surface area (Å²) in [4.78, 5) is 13.1. The van der Waals surface area contributed by atoms with E-state index in [0.717, 1.165) is 6.07 Å². The van der Waals surface area contributed by atoms with Gasteiger partial charge in [-0.1, -0.05) is 17.7 Å². The first-order chi connectivity index (χ1) is 9.24. The highest BCUT2D eigenvalue weighted by atomic mass is 35.5. The topological polar surface area (TPSA) is 54.5 Å². The zero-order valence-electron chi connectivity index (χ0n) is 10.4. The van der Waals surface area contributed by atoms with Gasteiger partial charge in [-0.2, -0.15) is 8.42 Å². The van der Waals surface area contributed by atoms with Crippen LogP contribution in [0.2, 0.25) is 5.02 Å². The summed E-state index contributed by atoms with van der Waals surface area (Å²) in [7, 11) is -4.60. The lowest BCUT2D eigenvalue weighted by Crippen LogP contribution is -2.25. The number of rotatable bonds is 4. The van der Waals surface area contributed by atoms with E-state index in [2.05, 4.69) is 0 Å². The largest absolute Gasteiger partial charge is 0.338 e. The fourth-order valence-electron chi connectivity index (χ4n) is 2.26. The van der Waals surface area contributed by atoms with E-state index in [9.17, 15) is 21.5 Å². The molecule has 1 amide bonds. The Morgan fingerprint density at radius 2 is 2.10 bits per heavy atom. The van der Waals surface area contributed by atoms with Gasteiger partial charge in [0.2, 0.25) is 5.91 Å². The number of nitrogens with zero attached hydrogens (tertiary/aromatic N) is 1. The molecule has 1 atom stereocenters. The minimum absolute atomic E-state index is 0.0119. The van der Waals surface area contributed by atoms with Crippen molar-refractivity contribution in [3.05, 3.63) is 34.6 Å². The molecular formula is C12H12ClF2NO3S. The van der Waals surface area contributed by atoms with Crippen LogP contribution in [0, 0.1) is 11.7 Å². The summed E-state index contributed by atoms with van der Waals surface area (Å²) < 4.78 is 46.7. The maximum absolute atomic E-state index is 12.9. The molecule has 1 saturated heterocycles. The number of hydrogen-bond donors (Lipinski definition) is 0. The van der Waals surface area contributed by atoms with Gasteiger partial charge in [0.15, 0.2) is 0 Å². The molecule has 1 fully saturated rings. The standard InChI is InChI=1S/C12H12ClF2NO3S/c13-11-4-10(14)2-1-9(11)6-16-5-8(3-12(16)17)7-20(15,18)19/h1-2,4,8H,3,5-7H2. The van der Waals surface area contributed by atoms with Gasteiger partial charge >= 0.3 is 10.2 Å². The van der Waals surface area contributed by atoms with Crippen LogP contribution in [0.4, 0.5) is 8.28 Å². The highest BCUT2D eigenvalue weighted by molar-refractivity contribution is 7.86. The molecule has 1 aliphatic rings. The molecule has 0 spiro atoms. The van der Waals surface area contributed by atoms with Crippen LogP contribution in [-0.4, -0.2) is 31.5 Å². The predicted octanol–water partition coefficient (Wildman–Crippen LogP) is 2.13. The van der Waals surface area contributed by atoms with Crippen molar-refractivity contribution >= 4 is 27.7 Å². The summed E-state index contributed by atoms with van der Waals surface area (Å²) in [5.41, 5.74) is 0.560. The number of carbonyl (C=O) groups is 1. The molecule has 1 aromatic carbocycles. The van der Waals surface area contributed by atoms with Crippen molar-refractivity contribution in [2.24, 2.45) is 5.92 Å². The number of halogens is 3. The number of likely N-dealkylation sites (tertiary alicyclic amines) is 1.